The topological polar surface area (TPSA) is 38.1 Å². The number of carbonyl (C=O) groups is 1. The molecule has 1 aromatic heterocycles. The van der Waals surface area contributed by atoms with E-state index in [9.17, 15) is 4.79 Å². The van der Waals surface area contributed by atoms with E-state index in [4.69, 9.17) is 11.6 Å². The molecule has 0 radical (unpaired) electrons. The van der Waals surface area contributed by atoms with Crippen molar-refractivity contribution in [3.63, 3.8) is 0 Å². The first kappa shape index (κ1) is 14.4. The average Bonchev–Trinajstić information content (AvgIpc) is 2.79. The smallest absolute Gasteiger partial charge is 0.225 e. The zero-order valence-corrected chi connectivity index (χ0v) is 12.5. The molecule has 1 aliphatic carbocycles. The lowest BCUT2D eigenvalue weighted by Crippen LogP contribution is -2.34. The number of carbonyl (C=O) groups excluding carboxylic acids is 1. The Morgan fingerprint density at radius 2 is 2.16 bits per heavy atom. The first-order valence-corrected chi connectivity index (χ1v) is 7.46. The molecule has 1 amide bonds. The fourth-order valence-corrected chi connectivity index (χ4v) is 2.98. The molecule has 1 aromatic rings. The third kappa shape index (κ3) is 3.30. The number of aromatic nitrogens is 2. The van der Waals surface area contributed by atoms with Crippen molar-refractivity contribution in [3.05, 3.63) is 16.9 Å². The van der Waals surface area contributed by atoms with Gasteiger partial charge in [0.2, 0.25) is 5.91 Å². The van der Waals surface area contributed by atoms with E-state index < -0.39 is 0 Å². The number of hydrogen-bond acceptors (Lipinski definition) is 2. The highest BCUT2D eigenvalue weighted by Crippen LogP contribution is 2.26. The number of rotatable bonds is 4. The van der Waals surface area contributed by atoms with Crippen LogP contribution in [0.2, 0.25) is 5.02 Å². The lowest BCUT2D eigenvalue weighted by Gasteiger charge is -2.26. The van der Waals surface area contributed by atoms with E-state index in [1.54, 1.807) is 11.1 Å². The zero-order chi connectivity index (χ0) is 13.8. The van der Waals surface area contributed by atoms with Gasteiger partial charge in [-0.3, -0.25) is 9.48 Å². The molecule has 1 heterocycles. The summed E-state index contributed by atoms with van der Waals surface area (Å²) in [6.45, 7) is 3.34. The second kappa shape index (κ2) is 6.42. The van der Waals surface area contributed by atoms with Gasteiger partial charge in [-0.1, -0.05) is 30.9 Å². The molecule has 19 heavy (non-hydrogen) atoms. The summed E-state index contributed by atoms with van der Waals surface area (Å²) in [6, 6.07) is 0. The number of aryl methyl sites for hydroxylation is 1. The highest BCUT2D eigenvalue weighted by atomic mass is 35.5. The molecule has 4 nitrogen and oxygen atoms in total. The Balaban J connectivity index is 2.01. The molecule has 0 bridgehead atoms. The highest BCUT2D eigenvalue weighted by Gasteiger charge is 2.25. The molecular weight excluding hydrogens is 262 g/mol. The predicted molar refractivity (Wildman–Crippen MR) is 76.0 cm³/mol. The molecular formula is C14H22ClN3O. The van der Waals surface area contributed by atoms with Crippen LogP contribution in [0.4, 0.5) is 0 Å². The lowest BCUT2D eigenvalue weighted by atomic mass is 9.88. The van der Waals surface area contributed by atoms with Gasteiger partial charge in [0.15, 0.2) is 0 Å². The van der Waals surface area contributed by atoms with Crippen LogP contribution in [0.1, 0.15) is 44.7 Å². The van der Waals surface area contributed by atoms with Crippen LogP contribution in [-0.4, -0.2) is 27.6 Å². The highest BCUT2D eigenvalue weighted by molar-refractivity contribution is 6.31. The molecule has 1 aliphatic rings. The summed E-state index contributed by atoms with van der Waals surface area (Å²) in [5.74, 6) is 0.454. The summed E-state index contributed by atoms with van der Waals surface area (Å²) in [4.78, 5) is 14.2. The molecule has 0 N–H and O–H groups in total. The lowest BCUT2D eigenvalue weighted by molar-refractivity contribution is -0.135. The van der Waals surface area contributed by atoms with Gasteiger partial charge in [-0.15, -0.1) is 0 Å². The normalized spacial score (nSPS) is 16.6. The predicted octanol–water partition coefficient (Wildman–Crippen LogP) is 3.10. The van der Waals surface area contributed by atoms with Crippen molar-refractivity contribution in [2.75, 3.05) is 7.05 Å². The number of halogens is 1. The first-order chi connectivity index (χ1) is 9.13. The molecule has 0 aromatic carbocycles. The van der Waals surface area contributed by atoms with Crippen molar-refractivity contribution >= 4 is 17.5 Å². The van der Waals surface area contributed by atoms with Crippen molar-refractivity contribution in [2.24, 2.45) is 5.92 Å². The van der Waals surface area contributed by atoms with Crippen LogP contribution in [0.5, 0.6) is 0 Å². The van der Waals surface area contributed by atoms with Crippen LogP contribution in [0, 0.1) is 5.92 Å². The molecule has 0 saturated heterocycles. The molecule has 0 aliphatic heterocycles. The molecule has 0 atom stereocenters. The minimum Gasteiger partial charge on any atom is -0.340 e. The molecule has 5 heteroatoms. The Labute approximate surface area is 119 Å². The van der Waals surface area contributed by atoms with E-state index in [-0.39, 0.29) is 11.8 Å². The van der Waals surface area contributed by atoms with Crippen LogP contribution >= 0.6 is 11.6 Å². The van der Waals surface area contributed by atoms with Crippen LogP contribution in [-0.2, 0) is 17.9 Å². The van der Waals surface area contributed by atoms with Gasteiger partial charge >= 0.3 is 0 Å². The number of amides is 1. The SMILES string of the molecule is CCn1ncc(Cl)c1CN(C)C(=O)C1CCCCC1. The molecule has 1 fully saturated rings. The second-order valence-electron chi connectivity index (χ2n) is 5.28. The quantitative estimate of drug-likeness (QED) is 0.852. The monoisotopic (exact) mass is 283 g/mol. The van der Waals surface area contributed by atoms with Crippen LogP contribution in [0.3, 0.4) is 0 Å². The standard InChI is InChI=1S/C14H22ClN3O/c1-3-18-13(12(15)9-16-18)10-17(2)14(19)11-7-5-4-6-8-11/h9,11H,3-8,10H2,1-2H3. The van der Waals surface area contributed by atoms with E-state index in [0.717, 1.165) is 25.1 Å². The van der Waals surface area contributed by atoms with E-state index in [1.165, 1.54) is 19.3 Å². The Bertz CT molecular complexity index is 438. The summed E-state index contributed by atoms with van der Waals surface area (Å²) in [5, 5.41) is 4.85. The van der Waals surface area contributed by atoms with E-state index >= 15 is 0 Å². The van der Waals surface area contributed by atoms with E-state index in [2.05, 4.69) is 5.10 Å². The Morgan fingerprint density at radius 3 is 2.79 bits per heavy atom. The van der Waals surface area contributed by atoms with E-state index in [1.807, 2.05) is 18.7 Å². The molecule has 0 spiro atoms. The van der Waals surface area contributed by atoms with Crippen molar-refractivity contribution in [1.29, 1.82) is 0 Å². The van der Waals surface area contributed by atoms with Crippen molar-refractivity contribution < 1.29 is 4.79 Å². The van der Waals surface area contributed by atoms with Crippen molar-refractivity contribution in [3.8, 4) is 0 Å². The number of nitrogens with zero attached hydrogens (tertiary/aromatic N) is 3. The third-order valence-corrected chi connectivity index (χ3v) is 4.23. The maximum atomic E-state index is 12.4. The van der Waals surface area contributed by atoms with E-state index in [0.29, 0.717) is 11.6 Å². The molecule has 1 saturated carbocycles. The molecule has 0 unspecified atom stereocenters. The maximum absolute atomic E-state index is 12.4. The van der Waals surface area contributed by atoms with Gasteiger partial charge in [0.1, 0.15) is 0 Å². The number of hydrogen-bond donors (Lipinski definition) is 0. The van der Waals surface area contributed by atoms with Crippen molar-refractivity contribution in [1.82, 2.24) is 14.7 Å². The largest absolute Gasteiger partial charge is 0.340 e. The first-order valence-electron chi connectivity index (χ1n) is 7.08. The Morgan fingerprint density at radius 1 is 1.47 bits per heavy atom. The summed E-state index contributed by atoms with van der Waals surface area (Å²) >= 11 is 6.14. The van der Waals surface area contributed by atoms with Gasteiger partial charge in [-0.05, 0) is 19.8 Å². The van der Waals surface area contributed by atoms with Crippen molar-refractivity contribution in [2.45, 2.75) is 52.1 Å². The molecule has 106 valence electrons. The third-order valence-electron chi connectivity index (χ3n) is 3.91. The van der Waals surface area contributed by atoms with Crippen LogP contribution in [0.25, 0.3) is 0 Å². The van der Waals surface area contributed by atoms with Gasteiger partial charge in [-0.25, -0.2) is 0 Å². The Hall–Kier alpha value is -1.03. The zero-order valence-electron chi connectivity index (χ0n) is 11.7. The maximum Gasteiger partial charge on any atom is 0.225 e. The molecule has 2 rings (SSSR count). The van der Waals surface area contributed by atoms with Gasteiger partial charge in [0.25, 0.3) is 0 Å². The van der Waals surface area contributed by atoms with Gasteiger partial charge in [0.05, 0.1) is 23.5 Å². The summed E-state index contributed by atoms with van der Waals surface area (Å²) in [7, 11) is 1.86. The Kier molecular flexibility index (Phi) is 4.86. The average molecular weight is 284 g/mol. The summed E-state index contributed by atoms with van der Waals surface area (Å²) in [6.07, 6.45) is 7.34. The minimum atomic E-state index is 0.204. The van der Waals surface area contributed by atoms with Gasteiger partial charge in [-0.2, -0.15) is 5.10 Å². The minimum absolute atomic E-state index is 0.204. The fraction of sp³-hybridized carbons (Fsp3) is 0.714. The van der Waals surface area contributed by atoms with Crippen LogP contribution in [0.15, 0.2) is 6.20 Å². The summed E-state index contributed by atoms with van der Waals surface area (Å²) < 4.78 is 1.85. The fourth-order valence-electron chi connectivity index (χ4n) is 2.78. The summed E-state index contributed by atoms with van der Waals surface area (Å²) in [5.41, 5.74) is 0.927. The second-order valence-corrected chi connectivity index (χ2v) is 5.69. The van der Waals surface area contributed by atoms with Gasteiger partial charge in [0, 0.05) is 19.5 Å². The van der Waals surface area contributed by atoms with Crippen LogP contribution < -0.4 is 0 Å². The van der Waals surface area contributed by atoms with Gasteiger partial charge < -0.3 is 4.90 Å².